The predicted octanol–water partition coefficient (Wildman–Crippen LogP) is 1.05. The fraction of sp³-hybridized carbons (Fsp3) is 0.571. The monoisotopic (exact) mass is 110 g/mol. The maximum Gasteiger partial charge on any atom is 0.160 e. The van der Waals surface area contributed by atoms with Gasteiger partial charge in [-0.25, -0.2) is 4.58 Å². The van der Waals surface area contributed by atoms with E-state index in [-0.39, 0.29) is 0 Å². The molecule has 0 radical (unpaired) electrons. The van der Waals surface area contributed by atoms with Crippen LogP contribution in [0, 0.1) is 0 Å². The van der Waals surface area contributed by atoms with Crippen LogP contribution in [-0.4, -0.2) is 23.9 Å². The van der Waals surface area contributed by atoms with Gasteiger partial charge >= 0.3 is 0 Å². The molecule has 0 N–H and O–H groups in total. The van der Waals surface area contributed by atoms with Crippen molar-refractivity contribution < 1.29 is 4.58 Å². The van der Waals surface area contributed by atoms with E-state index in [9.17, 15) is 0 Å². The lowest BCUT2D eigenvalue weighted by Gasteiger charge is -1.87. The molecule has 44 valence electrons. The van der Waals surface area contributed by atoms with Crippen LogP contribution in [0.15, 0.2) is 12.7 Å². The number of nitrogens with zero attached hydrogens (tertiary/aromatic N) is 1. The van der Waals surface area contributed by atoms with Crippen molar-refractivity contribution in [2.24, 2.45) is 0 Å². The number of hydrogen-bond acceptors (Lipinski definition) is 0. The fourth-order valence-corrected chi connectivity index (χ4v) is 0.991. The van der Waals surface area contributed by atoms with Gasteiger partial charge in [0.05, 0.1) is 0 Å². The molecule has 0 aromatic carbocycles. The summed E-state index contributed by atoms with van der Waals surface area (Å²) in [6, 6.07) is 0. The van der Waals surface area contributed by atoms with E-state index in [0.29, 0.717) is 0 Å². The standard InChI is InChI=1S/C7H12N/c1-2-5-8-6-3-4-7-8/h2,6H,1,3-5,7H2/q+1. The Balaban J connectivity index is 2.33. The molecule has 8 heavy (non-hydrogen) atoms. The molecule has 0 aromatic heterocycles. The minimum absolute atomic E-state index is 1.03. The molecule has 0 amide bonds. The van der Waals surface area contributed by atoms with E-state index >= 15 is 0 Å². The van der Waals surface area contributed by atoms with Gasteiger partial charge < -0.3 is 0 Å². The van der Waals surface area contributed by atoms with Crippen LogP contribution in [0.5, 0.6) is 0 Å². The fourth-order valence-electron chi connectivity index (χ4n) is 0.991. The summed E-state index contributed by atoms with van der Waals surface area (Å²) in [6.07, 6.45) is 6.78. The summed E-state index contributed by atoms with van der Waals surface area (Å²) >= 11 is 0. The Morgan fingerprint density at radius 3 is 3.12 bits per heavy atom. The van der Waals surface area contributed by atoms with Crippen LogP contribution in [0.4, 0.5) is 0 Å². The van der Waals surface area contributed by atoms with E-state index < -0.39 is 0 Å². The maximum atomic E-state index is 3.66. The Morgan fingerprint density at radius 1 is 1.75 bits per heavy atom. The summed E-state index contributed by atoms with van der Waals surface area (Å²) in [6.45, 7) is 5.92. The Morgan fingerprint density at radius 2 is 2.62 bits per heavy atom. The van der Waals surface area contributed by atoms with Crippen molar-refractivity contribution in [3.8, 4) is 0 Å². The largest absolute Gasteiger partial charge is 0.236 e. The molecule has 0 saturated carbocycles. The zero-order valence-electron chi connectivity index (χ0n) is 5.14. The molecule has 0 atom stereocenters. The first-order valence-electron chi connectivity index (χ1n) is 3.12. The highest BCUT2D eigenvalue weighted by molar-refractivity contribution is 5.52. The summed E-state index contributed by atoms with van der Waals surface area (Å²) in [4.78, 5) is 0. The zero-order valence-corrected chi connectivity index (χ0v) is 5.14. The van der Waals surface area contributed by atoms with Gasteiger partial charge in [-0.1, -0.05) is 6.58 Å². The van der Waals surface area contributed by atoms with Crippen LogP contribution in [0.25, 0.3) is 0 Å². The Kier molecular flexibility index (Phi) is 1.84. The highest BCUT2D eigenvalue weighted by Gasteiger charge is 2.06. The van der Waals surface area contributed by atoms with Gasteiger partial charge in [0, 0.05) is 12.8 Å². The summed E-state index contributed by atoms with van der Waals surface area (Å²) in [7, 11) is 0. The average molecular weight is 110 g/mol. The van der Waals surface area contributed by atoms with Crippen molar-refractivity contribution in [3.63, 3.8) is 0 Å². The van der Waals surface area contributed by atoms with Crippen LogP contribution in [0.1, 0.15) is 12.8 Å². The number of rotatable bonds is 2. The van der Waals surface area contributed by atoms with E-state index in [1.165, 1.54) is 19.4 Å². The van der Waals surface area contributed by atoms with Gasteiger partial charge in [0.1, 0.15) is 12.8 Å². The molecule has 0 bridgehead atoms. The topological polar surface area (TPSA) is 3.01 Å². The Labute approximate surface area is 50.3 Å². The minimum atomic E-state index is 1.03. The normalized spacial score (nSPS) is 18.2. The van der Waals surface area contributed by atoms with Gasteiger partial charge in [0.15, 0.2) is 6.54 Å². The van der Waals surface area contributed by atoms with Crippen molar-refractivity contribution in [2.45, 2.75) is 12.8 Å². The maximum absolute atomic E-state index is 3.66. The van der Waals surface area contributed by atoms with Crippen molar-refractivity contribution in [3.05, 3.63) is 12.7 Å². The number of hydrogen-bond donors (Lipinski definition) is 0. The molecule has 0 unspecified atom stereocenters. The lowest BCUT2D eigenvalue weighted by Crippen LogP contribution is -2.07. The molecule has 1 aliphatic rings. The van der Waals surface area contributed by atoms with Crippen molar-refractivity contribution in [1.82, 2.24) is 0 Å². The summed E-state index contributed by atoms with van der Waals surface area (Å²) in [5.41, 5.74) is 0. The van der Waals surface area contributed by atoms with Crippen molar-refractivity contribution >= 4 is 6.21 Å². The lowest BCUT2D eigenvalue weighted by atomic mass is 10.4. The van der Waals surface area contributed by atoms with Gasteiger partial charge in [0.25, 0.3) is 0 Å². The molecule has 0 aromatic rings. The molecule has 0 fully saturated rings. The smallest absolute Gasteiger partial charge is 0.160 e. The molecule has 1 nitrogen and oxygen atoms in total. The highest BCUT2D eigenvalue weighted by atomic mass is 15.0. The van der Waals surface area contributed by atoms with Gasteiger partial charge in [-0.2, -0.15) is 0 Å². The molecule has 0 spiro atoms. The van der Waals surface area contributed by atoms with Crippen LogP contribution in [0.2, 0.25) is 0 Å². The molecule has 1 heteroatoms. The third-order valence-electron chi connectivity index (χ3n) is 1.40. The molecular formula is C7H12N+. The van der Waals surface area contributed by atoms with Crippen LogP contribution in [0.3, 0.4) is 0 Å². The first kappa shape index (κ1) is 5.54. The third kappa shape index (κ3) is 1.19. The van der Waals surface area contributed by atoms with Crippen LogP contribution >= 0.6 is 0 Å². The van der Waals surface area contributed by atoms with E-state index in [1.807, 2.05) is 6.08 Å². The molecule has 1 heterocycles. The van der Waals surface area contributed by atoms with E-state index in [1.54, 1.807) is 0 Å². The summed E-state index contributed by atoms with van der Waals surface area (Å²) < 4.78 is 2.30. The van der Waals surface area contributed by atoms with Gasteiger partial charge in [-0.15, -0.1) is 0 Å². The molecule has 1 aliphatic heterocycles. The predicted molar refractivity (Wildman–Crippen MR) is 35.5 cm³/mol. The van der Waals surface area contributed by atoms with Gasteiger partial charge in [-0.05, 0) is 6.08 Å². The second-order valence-corrected chi connectivity index (χ2v) is 2.11. The van der Waals surface area contributed by atoms with Crippen molar-refractivity contribution in [2.75, 3.05) is 13.1 Å². The first-order chi connectivity index (χ1) is 3.93. The quantitative estimate of drug-likeness (QED) is 0.369. The summed E-state index contributed by atoms with van der Waals surface area (Å²) in [5, 5.41) is 0. The minimum Gasteiger partial charge on any atom is -0.236 e. The zero-order chi connectivity index (χ0) is 5.82. The highest BCUT2D eigenvalue weighted by Crippen LogP contribution is 1.95. The molecule has 0 aliphatic carbocycles. The third-order valence-corrected chi connectivity index (χ3v) is 1.40. The van der Waals surface area contributed by atoms with Gasteiger partial charge in [0.2, 0.25) is 0 Å². The van der Waals surface area contributed by atoms with Crippen molar-refractivity contribution in [1.29, 1.82) is 0 Å². The van der Waals surface area contributed by atoms with Gasteiger partial charge in [-0.3, -0.25) is 0 Å². The second kappa shape index (κ2) is 2.65. The van der Waals surface area contributed by atoms with Crippen LogP contribution < -0.4 is 0 Å². The molecular weight excluding hydrogens is 98.1 g/mol. The molecule has 1 rings (SSSR count). The molecule has 0 saturated heterocycles. The van der Waals surface area contributed by atoms with E-state index in [4.69, 9.17) is 0 Å². The lowest BCUT2D eigenvalue weighted by molar-refractivity contribution is -0.505. The Bertz CT molecular complexity index is 114. The van der Waals surface area contributed by atoms with E-state index in [2.05, 4.69) is 17.4 Å². The summed E-state index contributed by atoms with van der Waals surface area (Å²) in [5.74, 6) is 0. The van der Waals surface area contributed by atoms with Crippen LogP contribution in [-0.2, 0) is 0 Å². The second-order valence-electron chi connectivity index (χ2n) is 2.11. The average Bonchev–Trinajstić information content (AvgIpc) is 2.19. The van der Waals surface area contributed by atoms with E-state index in [0.717, 1.165) is 6.54 Å². The SMILES string of the molecule is C=CC[N+]1=CCCC1. The first-order valence-corrected chi connectivity index (χ1v) is 3.12. The Hall–Kier alpha value is -0.590.